The van der Waals surface area contributed by atoms with E-state index in [0.29, 0.717) is 10.6 Å². The van der Waals surface area contributed by atoms with Gasteiger partial charge in [0, 0.05) is 30.3 Å². The first-order valence-corrected chi connectivity index (χ1v) is 6.74. The quantitative estimate of drug-likeness (QED) is 0.724. The molecule has 0 fully saturated rings. The molecular formula is C14H21ClFNO. The number of ether oxygens (including phenoxy) is 1. The number of benzene rings is 1. The van der Waals surface area contributed by atoms with Crippen LogP contribution in [0.25, 0.3) is 0 Å². The van der Waals surface area contributed by atoms with Crippen molar-refractivity contribution in [2.24, 2.45) is 0 Å². The van der Waals surface area contributed by atoms with Gasteiger partial charge >= 0.3 is 0 Å². The summed E-state index contributed by atoms with van der Waals surface area (Å²) in [5.74, 6) is -0.197. The fourth-order valence-corrected chi connectivity index (χ4v) is 2.17. The van der Waals surface area contributed by atoms with Gasteiger partial charge in [0.25, 0.3) is 0 Å². The highest BCUT2D eigenvalue weighted by Crippen LogP contribution is 2.25. The van der Waals surface area contributed by atoms with E-state index in [1.807, 2.05) is 6.92 Å². The lowest BCUT2D eigenvalue weighted by molar-refractivity contribution is 0.191. The molecule has 0 aliphatic carbocycles. The van der Waals surface area contributed by atoms with E-state index < -0.39 is 0 Å². The lowest BCUT2D eigenvalue weighted by atomic mass is 10.0. The fourth-order valence-electron chi connectivity index (χ4n) is 1.99. The molecule has 102 valence electrons. The highest BCUT2D eigenvalue weighted by atomic mass is 35.5. The van der Waals surface area contributed by atoms with Gasteiger partial charge in [0.1, 0.15) is 5.82 Å². The Labute approximate surface area is 113 Å². The van der Waals surface area contributed by atoms with Gasteiger partial charge in [0.2, 0.25) is 0 Å². The van der Waals surface area contributed by atoms with Crippen LogP contribution < -0.4 is 5.32 Å². The molecule has 1 N–H and O–H groups in total. The predicted molar refractivity (Wildman–Crippen MR) is 73.6 cm³/mol. The van der Waals surface area contributed by atoms with Crippen LogP contribution >= 0.6 is 11.6 Å². The largest absolute Gasteiger partial charge is 0.385 e. The van der Waals surface area contributed by atoms with Gasteiger partial charge in [-0.2, -0.15) is 0 Å². The van der Waals surface area contributed by atoms with Crippen molar-refractivity contribution in [3.8, 4) is 0 Å². The lowest BCUT2D eigenvalue weighted by Crippen LogP contribution is -2.22. The normalized spacial score (nSPS) is 12.7. The first kappa shape index (κ1) is 15.4. The fraction of sp³-hybridized carbons (Fsp3) is 0.571. The molecule has 2 nitrogen and oxygen atoms in total. The maximum atomic E-state index is 13.8. The van der Waals surface area contributed by atoms with Gasteiger partial charge in [0.05, 0.1) is 0 Å². The van der Waals surface area contributed by atoms with Crippen LogP contribution in [0.2, 0.25) is 5.02 Å². The Morgan fingerprint density at radius 2 is 2.17 bits per heavy atom. The Kier molecular flexibility index (Phi) is 7.25. The van der Waals surface area contributed by atoms with Crippen molar-refractivity contribution in [1.82, 2.24) is 5.32 Å². The first-order chi connectivity index (χ1) is 8.69. The van der Waals surface area contributed by atoms with Gasteiger partial charge in [-0.25, -0.2) is 4.39 Å². The highest BCUT2D eigenvalue weighted by molar-refractivity contribution is 6.30. The van der Waals surface area contributed by atoms with Crippen molar-refractivity contribution in [1.29, 1.82) is 0 Å². The molecule has 0 bridgehead atoms. The Hall–Kier alpha value is -0.640. The molecule has 0 amide bonds. The zero-order valence-corrected chi connectivity index (χ0v) is 11.8. The molecule has 0 aliphatic rings. The van der Waals surface area contributed by atoms with E-state index in [0.717, 1.165) is 32.4 Å². The molecule has 1 rings (SSSR count). The average molecular weight is 274 g/mol. The SMILES string of the molecule is CCNC(CCCCOC)c1cc(Cl)ccc1F. The van der Waals surface area contributed by atoms with Gasteiger partial charge in [-0.15, -0.1) is 0 Å². The molecule has 0 saturated carbocycles. The van der Waals surface area contributed by atoms with E-state index in [2.05, 4.69) is 5.32 Å². The van der Waals surface area contributed by atoms with Crippen LogP contribution in [0.4, 0.5) is 4.39 Å². The third kappa shape index (κ3) is 4.92. The second-order valence-corrected chi connectivity index (χ2v) is 4.70. The number of rotatable bonds is 8. The minimum Gasteiger partial charge on any atom is -0.385 e. The molecule has 0 heterocycles. The van der Waals surface area contributed by atoms with Crippen LogP contribution in [0.15, 0.2) is 18.2 Å². The van der Waals surface area contributed by atoms with Crippen LogP contribution in [0.1, 0.15) is 37.8 Å². The molecule has 1 unspecified atom stereocenters. The number of hydrogen-bond donors (Lipinski definition) is 1. The summed E-state index contributed by atoms with van der Waals surface area (Å²) in [6.45, 7) is 3.57. The van der Waals surface area contributed by atoms with Gasteiger partial charge in [-0.1, -0.05) is 18.5 Å². The summed E-state index contributed by atoms with van der Waals surface area (Å²) in [4.78, 5) is 0. The average Bonchev–Trinajstić information content (AvgIpc) is 2.36. The number of nitrogens with one attached hydrogen (secondary N) is 1. The predicted octanol–water partition coefficient (Wildman–Crippen LogP) is 3.95. The molecule has 1 atom stereocenters. The monoisotopic (exact) mass is 273 g/mol. The van der Waals surface area contributed by atoms with Crippen molar-refractivity contribution >= 4 is 11.6 Å². The molecule has 4 heteroatoms. The van der Waals surface area contributed by atoms with Crippen molar-refractivity contribution < 1.29 is 9.13 Å². The van der Waals surface area contributed by atoms with E-state index in [4.69, 9.17) is 16.3 Å². The Morgan fingerprint density at radius 3 is 2.83 bits per heavy atom. The van der Waals surface area contributed by atoms with Gasteiger partial charge < -0.3 is 10.1 Å². The van der Waals surface area contributed by atoms with E-state index in [1.54, 1.807) is 19.2 Å². The second-order valence-electron chi connectivity index (χ2n) is 4.26. The molecule has 0 aromatic heterocycles. The summed E-state index contributed by atoms with van der Waals surface area (Å²) in [5, 5.41) is 3.88. The first-order valence-electron chi connectivity index (χ1n) is 6.36. The summed E-state index contributed by atoms with van der Waals surface area (Å²) in [6, 6.07) is 4.73. The van der Waals surface area contributed by atoms with Gasteiger partial charge in [-0.05, 0) is 44.0 Å². The number of hydrogen-bond acceptors (Lipinski definition) is 2. The Morgan fingerprint density at radius 1 is 1.39 bits per heavy atom. The second kappa shape index (κ2) is 8.46. The number of halogens is 2. The standard InChI is InChI=1S/C14H21ClFNO/c1-3-17-14(6-4-5-9-18-2)12-10-11(15)7-8-13(12)16/h7-8,10,14,17H,3-6,9H2,1-2H3. The zero-order chi connectivity index (χ0) is 13.4. The summed E-state index contributed by atoms with van der Waals surface area (Å²) in [6.07, 6.45) is 2.87. The van der Waals surface area contributed by atoms with Crippen molar-refractivity contribution in [2.75, 3.05) is 20.3 Å². The third-order valence-electron chi connectivity index (χ3n) is 2.88. The molecule has 1 aromatic carbocycles. The summed E-state index contributed by atoms with van der Waals surface area (Å²) < 4.78 is 18.8. The maximum absolute atomic E-state index is 13.8. The highest BCUT2D eigenvalue weighted by Gasteiger charge is 2.14. The van der Waals surface area contributed by atoms with Crippen molar-refractivity contribution in [3.63, 3.8) is 0 Å². The molecule has 0 spiro atoms. The van der Waals surface area contributed by atoms with Crippen LogP contribution in [-0.2, 0) is 4.74 Å². The van der Waals surface area contributed by atoms with Crippen LogP contribution in [0, 0.1) is 5.82 Å². The summed E-state index contributed by atoms with van der Waals surface area (Å²) in [7, 11) is 1.69. The van der Waals surface area contributed by atoms with Crippen molar-refractivity contribution in [3.05, 3.63) is 34.6 Å². The number of methoxy groups -OCH3 is 1. The molecule has 0 saturated heterocycles. The summed E-state index contributed by atoms with van der Waals surface area (Å²) in [5.41, 5.74) is 0.654. The molecule has 0 radical (unpaired) electrons. The maximum Gasteiger partial charge on any atom is 0.128 e. The zero-order valence-electron chi connectivity index (χ0n) is 11.0. The topological polar surface area (TPSA) is 21.3 Å². The molecule has 18 heavy (non-hydrogen) atoms. The minimum absolute atomic E-state index is 0.0190. The van der Waals surface area contributed by atoms with Gasteiger partial charge in [-0.3, -0.25) is 0 Å². The van der Waals surface area contributed by atoms with E-state index in [9.17, 15) is 4.39 Å². The van der Waals surface area contributed by atoms with Crippen LogP contribution in [0.5, 0.6) is 0 Å². The molecule has 1 aromatic rings. The molecule has 0 aliphatic heterocycles. The van der Waals surface area contributed by atoms with Crippen molar-refractivity contribution in [2.45, 2.75) is 32.2 Å². The van der Waals surface area contributed by atoms with Crippen LogP contribution in [-0.4, -0.2) is 20.3 Å². The molecular weight excluding hydrogens is 253 g/mol. The lowest BCUT2D eigenvalue weighted by Gasteiger charge is -2.19. The summed E-state index contributed by atoms with van der Waals surface area (Å²) >= 11 is 5.93. The number of unbranched alkanes of at least 4 members (excludes halogenated alkanes) is 1. The van der Waals surface area contributed by atoms with E-state index in [-0.39, 0.29) is 11.9 Å². The van der Waals surface area contributed by atoms with E-state index in [1.165, 1.54) is 6.07 Å². The van der Waals surface area contributed by atoms with Gasteiger partial charge in [0.15, 0.2) is 0 Å². The smallest absolute Gasteiger partial charge is 0.128 e. The third-order valence-corrected chi connectivity index (χ3v) is 3.11. The Balaban J connectivity index is 2.67. The van der Waals surface area contributed by atoms with Crippen LogP contribution in [0.3, 0.4) is 0 Å². The minimum atomic E-state index is -0.197. The Bertz CT molecular complexity index is 360. The van der Waals surface area contributed by atoms with E-state index >= 15 is 0 Å².